The van der Waals surface area contributed by atoms with Gasteiger partial charge in [-0.2, -0.15) is 0 Å². The monoisotopic (exact) mass is 294 g/mol. The highest BCUT2D eigenvalue weighted by atomic mass is 35.5. The van der Waals surface area contributed by atoms with Crippen LogP contribution in [0.15, 0.2) is 24.3 Å². The lowest BCUT2D eigenvalue weighted by molar-refractivity contribution is 0.127. The molecule has 2 saturated carbocycles. The van der Waals surface area contributed by atoms with Crippen molar-refractivity contribution < 1.29 is 4.39 Å². The lowest BCUT2D eigenvalue weighted by atomic mass is 9.66. The van der Waals surface area contributed by atoms with E-state index in [9.17, 15) is 4.39 Å². The molecule has 0 heterocycles. The Bertz CT molecular complexity index is 445. The lowest BCUT2D eigenvalue weighted by Crippen LogP contribution is -2.32. The zero-order chi connectivity index (χ0) is 13.9. The summed E-state index contributed by atoms with van der Waals surface area (Å²) < 4.78 is 13.2. The molecule has 1 aromatic rings. The van der Waals surface area contributed by atoms with Gasteiger partial charge in [0.05, 0.1) is 0 Å². The van der Waals surface area contributed by atoms with Crippen LogP contribution in [0, 0.1) is 23.6 Å². The van der Waals surface area contributed by atoms with E-state index < -0.39 is 0 Å². The molecular formula is C18H24ClF. The Balaban J connectivity index is 1.58. The molecule has 0 aliphatic heterocycles. The van der Waals surface area contributed by atoms with E-state index in [2.05, 4.69) is 0 Å². The first-order valence-corrected chi connectivity index (χ1v) is 8.54. The molecule has 0 amide bonds. The third-order valence-electron chi connectivity index (χ3n) is 5.41. The third-order valence-corrected chi connectivity index (χ3v) is 5.92. The summed E-state index contributed by atoms with van der Waals surface area (Å²) in [5, 5.41) is 0.166. The molecule has 2 aliphatic carbocycles. The van der Waals surface area contributed by atoms with Gasteiger partial charge in [-0.1, -0.05) is 37.8 Å². The Morgan fingerprint density at radius 1 is 1.10 bits per heavy atom. The summed E-state index contributed by atoms with van der Waals surface area (Å²) in [6, 6.07) is 6.90. The van der Waals surface area contributed by atoms with E-state index in [-0.39, 0.29) is 11.2 Å². The maximum Gasteiger partial charge on any atom is 0.123 e. The van der Waals surface area contributed by atoms with E-state index in [0.29, 0.717) is 5.92 Å². The molecule has 0 aromatic heterocycles. The van der Waals surface area contributed by atoms with E-state index in [0.717, 1.165) is 23.8 Å². The van der Waals surface area contributed by atoms with Crippen molar-refractivity contribution in [2.75, 3.05) is 0 Å². The number of benzene rings is 1. The zero-order valence-corrected chi connectivity index (χ0v) is 12.8. The van der Waals surface area contributed by atoms with Crippen LogP contribution in [0.3, 0.4) is 0 Å². The Morgan fingerprint density at radius 2 is 1.90 bits per heavy atom. The summed E-state index contributed by atoms with van der Waals surface area (Å²) in [4.78, 5) is 0. The van der Waals surface area contributed by atoms with Gasteiger partial charge < -0.3 is 0 Å². The maximum absolute atomic E-state index is 13.2. The Kier molecular flexibility index (Phi) is 4.65. The largest absolute Gasteiger partial charge is 0.207 e. The van der Waals surface area contributed by atoms with Crippen molar-refractivity contribution in [2.45, 2.75) is 56.7 Å². The molecule has 4 unspecified atom stereocenters. The second-order valence-corrected chi connectivity index (χ2v) is 7.29. The number of rotatable bonds is 3. The predicted molar refractivity (Wildman–Crippen MR) is 82.5 cm³/mol. The fourth-order valence-electron chi connectivity index (χ4n) is 4.29. The van der Waals surface area contributed by atoms with Gasteiger partial charge in [-0.3, -0.25) is 0 Å². The van der Waals surface area contributed by atoms with Gasteiger partial charge in [-0.15, -0.1) is 11.6 Å². The minimum Gasteiger partial charge on any atom is -0.207 e. The van der Waals surface area contributed by atoms with E-state index in [1.165, 1.54) is 51.0 Å². The SMILES string of the molecule is Fc1cccc(CC(Cl)C2CCC3CCCCC3C2)c1. The molecule has 2 aliphatic rings. The second-order valence-electron chi connectivity index (χ2n) is 6.73. The van der Waals surface area contributed by atoms with Gasteiger partial charge in [0.25, 0.3) is 0 Å². The van der Waals surface area contributed by atoms with Crippen molar-refractivity contribution in [3.05, 3.63) is 35.6 Å². The molecule has 0 nitrogen and oxygen atoms in total. The minimum absolute atomic E-state index is 0.151. The predicted octanol–water partition coefficient (Wildman–Crippen LogP) is 5.58. The van der Waals surface area contributed by atoms with Gasteiger partial charge in [-0.05, 0) is 61.1 Å². The third kappa shape index (κ3) is 3.36. The number of hydrogen-bond donors (Lipinski definition) is 0. The van der Waals surface area contributed by atoms with Crippen LogP contribution in [-0.2, 0) is 6.42 Å². The van der Waals surface area contributed by atoms with Crippen LogP contribution in [-0.4, -0.2) is 5.38 Å². The number of hydrogen-bond acceptors (Lipinski definition) is 0. The van der Waals surface area contributed by atoms with Gasteiger partial charge in [0.1, 0.15) is 5.82 Å². The van der Waals surface area contributed by atoms with Crippen LogP contribution < -0.4 is 0 Å². The fraction of sp³-hybridized carbons (Fsp3) is 0.667. The molecule has 3 rings (SSSR count). The van der Waals surface area contributed by atoms with Crippen molar-refractivity contribution in [1.29, 1.82) is 0 Å². The van der Waals surface area contributed by atoms with E-state index >= 15 is 0 Å². The van der Waals surface area contributed by atoms with Crippen molar-refractivity contribution in [1.82, 2.24) is 0 Å². The topological polar surface area (TPSA) is 0 Å². The minimum atomic E-state index is -0.151. The molecule has 2 heteroatoms. The molecule has 110 valence electrons. The first-order chi connectivity index (χ1) is 9.72. The molecule has 20 heavy (non-hydrogen) atoms. The molecule has 0 saturated heterocycles. The van der Waals surface area contributed by atoms with Gasteiger partial charge in [0, 0.05) is 5.38 Å². The van der Waals surface area contributed by atoms with Crippen molar-refractivity contribution in [3.63, 3.8) is 0 Å². The van der Waals surface area contributed by atoms with Crippen molar-refractivity contribution in [2.24, 2.45) is 17.8 Å². The second kappa shape index (κ2) is 6.47. The zero-order valence-electron chi connectivity index (χ0n) is 12.0. The average Bonchev–Trinajstić information content (AvgIpc) is 2.47. The molecule has 0 radical (unpaired) electrons. The molecule has 4 atom stereocenters. The van der Waals surface area contributed by atoms with Gasteiger partial charge >= 0.3 is 0 Å². The molecule has 0 spiro atoms. The van der Waals surface area contributed by atoms with Crippen LogP contribution in [0.2, 0.25) is 0 Å². The summed E-state index contributed by atoms with van der Waals surface area (Å²) in [5.74, 6) is 2.36. The maximum atomic E-state index is 13.2. The van der Waals surface area contributed by atoms with Crippen LogP contribution in [0.5, 0.6) is 0 Å². The smallest absolute Gasteiger partial charge is 0.123 e. The molecule has 0 bridgehead atoms. The lowest BCUT2D eigenvalue weighted by Gasteiger charge is -2.40. The summed E-state index contributed by atoms with van der Waals surface area (Å²) in [6.07, 6.45) is 10.4. The molecule has 0 N–H and O–H groups in total. The van der Waals surface area contributed by atoms with Gasteiger partial charge in [0.2, 0.25) is 0 Å². The Morgan fingerprint density at radius 3 is 2.70 bits per heavy atom. The van der Waals surface area contributed by atoms with E-state index in [1.54, 1.807) is 12.1 Å². The highest BCUT2D eigenvalue weighted by Crippen LogP contribution is 2.44. The van der Waals surface area contributed by atoms with Crippen LogP contribution in [0.25, 0.3) is 0 Å². The first-order valence-electron chi connectivity index (χ1n) is 8.11. The van der Waals surface area contributed by atoms with E-state index in [4.69, 9.17) is 11.6 Å². The highest BCUT2D eigenvalue weighted by Gasteiger charge is 2.34. The van der Waals surface area contributed by atoms with Gasteiger partial charge in [-0.25, -0.2) is 4.39 Å². The normalized spacial score (nSPS) is 31.6. The number of halogens is 2. The summed E-state index contributed by atoms with van der Waals surface area (Å²) in [6.45, 7) is 0. The molecule has 1 aromatic carbocycles. The van der Waals surface area contributed by atoms with Gasteiger partial charge in [0.15, 0.2) is 0 Å². The van der Waals surface area contributed by atoms with Crippen LogP contribution in [0.1, 0.15) is 50.5 Å². The van der Waals surface area contributed by atoms with E-state index in [1.807, 2.05) is 6.07 Å². The summed E-state index contributed by atoms with van der Waals surface area (Å²) in [5.41, 5.74) is 1.04. The molecule has 2 fully saturated rings. The van der Waals surface area contributed by atoms with Crippen molar-refractivity contribution >= 4 is 11.6 Å². The molecular weight excluding hydrogens is 271 g/mol. The fourth-order valence-corrected chi connectivity index (χ4v) is 4.70. The number of alkyl halides is 1. The van der Waals surface area contributed by atoms with Crippen molar-refractivity contribution in [3.8, 4) is 0 Å². The Labute approximate surface area is 126 Å². The first kappa shape index (κ1) is 14.4. The number of fused-ring (bicyclic) bond motifs is 1. The standard InChI is InChI=1S/C18H24ClF/c19-18(11-13-4-3-7-17(20)10-13)16-9-8-14-5-1-2-6-15(14)12-16/h3-4,7,10,14-16,18H,1-2,5-6,8-9,11-12H2. The Hall–Kier alpha value is -0.560. The highest BCUT2D eigenvalue weighted by molar-refractivity contribution is 6.20. The quantitative estimate of drug-likeness (QED) is 0.638. The summed E-state index contributed by atoms with van der Waals surface area (Å²) in [7, 11) is 0. The van der Waals surface area contributed by atoms with Crippen LogP contribution >= 0.6 is 11.6 Å². The summed E-state index contributed by atoms with van der Waals surface area (Å²) >= 11 is 6.66. The average molecular weight is 295 g/mol. The van der Waals surface area contributed by atoms with Crippen LogP contribution in [0.4, 0.5) is 4.39 Å².